The van der Waals surface area contributed by atoms with Crippen LogP contribution in [-0.2, 0) is 30.5 Å². The summed E-state index contributed by atoms with van der Waals surface area (Å²) in [6, 6.07) is 17.6. The number of imidazole rings is 1. The van der Waals surface area contributed by atoms with E-state index in [0.29, 0.717) is 35.8 Å². The van der Waals surface area contributed by atoms with Crippen LogP contribution in [0.15, 0.2) is 79.4 Å². The average Bonchev–Trinajstić information content (AvgIpc) is 3.46. The Hall–Kier alpha value is -4.96. The SMILES string of the molecule is COc1ccc(NC(=S)N(Cc2ccccc2C(F)(F)F)CC(CC(C)C)NC(=O)Cc2cncn2Cc2ccc(C#N)cc2)cn1. The van der Waals surface area contributed by atoms with Crippen molar-refractivity contribution in [1.82, 2.24) is 24.8 Å². The third-order valence-corrected chi connectivity index (χ3v) is 7.67. The first-order valence-corrected chi connectivity index (χ1v) is 15.3. The Morgan fingerprint density at radius 2 is 1.85 bits per heavy atom. The highest BCUT2D eigenvalue weighted by molar-refractivity contribution is 7.80. The normalized spacial score (nSPS) is 11.9. The number of alkyl halides is 3. The van der Waals surface area contributed by atoms with Gasteiger partial charge in [0.1, 0.15) is 0 Å². The molecule has 1 unspecified atom stereocenters. The molecule has 2 aromatic heterocycles. The molecule has 0 bridgehead atoms. The summed E-state index contributed by atoms with van der Waals surface area (Å²) in [5.41, 5.74) is 2.03. The Kier molecular flexibility index (Phi) is 11.9. The van der Waals surface area contributed by atoms with Gasteiger partial charge in [0, 0.05) is 43.6 Å². The maximum Gasteiger partial charge on any atom is 0.416 e. The van der Waals surface area contributed by atoms with Crippen LogP contribution in [0.1, 0.15) is 48.2 Å². The second-order valence-corrected chi connectivity index (χ2v) is 11.8. The maximum absolute atomic E-state index is 13.9. The van der Waals surface area contributed by atoms with Gasteiger partial charge in [0.25, 0.3) is 0 Å². The summed E-state index contributed by atoms with van der Waals surface area (Å²) in [7, 11) is 1.49. The molecule has 47 heavy (non-hydrogen) atoms. The summed E-state index contributed by atoms with van der Waals surface area (Å²) >= 11 is 5.72. The molecule has 246 valence electrons. The first kappa shape index (κ1) is 34.9. The minimum Gasteiger partial charge on any atom is -0.481 e. The lowest BCUT2D eigenvalue weighted by Gasteiger charge is -2.32. The van der Waals surface area contributed by atoms with E-state index in [2.05, 4.69) is 26.7 Å². The van der Waals surface area contributed by atoms with E-state index in [1.165, 1.54) is 25.4 Å². The van der Waals surface area contributed by atoms with Crippen LogP contribution in [0.2, 0.25) is 0 Å². The minimum absolute atomic E-state index is 0.0436. The zero-order chi connectivity index (χ0) is 34.0. The zero-order valence-electron chi connectivity index (χ0n) is 26.3. The molecule has 4 rings (SSSR count). The number of hydrogen-bond acceptors (Lipinski definition) is 6. The molecular weight excluding hydrogens is 627 g/mol. The number of nitriles is 1. The quantitative estimate of drug-likeness (QED) is 0.163. The fraction of sp³-hybridized carbons (Fsp3) is 0.324. The Morgan fingerprint density at radius 3 is 2.49 bits per heavy atom. The van der Waals surface area contributed by atoms with Gasteiger partial charge in [0.2, 0.25) is 11.8 Å². The van der Waals surface area contributed by atoms with Crippen LogP contribution < -0.4 is 15.4 Å². The molecule has 0 aliphatic heterocycles. The van der Waals surface area contributed by atoms with Gasteiger partial charge in [-0.05, 0) is 59.9 Å². The number of nitrogens with one attached hydrogen (secondary N) is 2. The molecule has 0 radical (unpaired) electrons. The van der Waals surface area contributed by atoms with Crippen molar-refractivity contribution in [3.05, 3.63) is 107 Å². The fourth-order valence-electron chi connectivity index (χ4n) is 5.11. The number of aromatic nitrogens is 3. The van der Waals surface area contributed by atoms with Gasteiger partial charge in [-0.15, -0.1) is 0 Å². The van der Waals surface area contributed by atoms with E-state index in [4.69, 9.17) is 22.2 Å². The van der Waals surface area contributed by atoms with Crippen molar-refractivity contribution in [1.29, 1.82) is 5.26 Å². The van der Waals surface area contributed by atoms with E-state index in [1.54, 1.807) is 47.8 Å². The van der Waals surface area contributed by atoms with Crippen molar-refractivity contribution in [3.63, 3.8) is 0 Å². The van der Waals surface area contributed by atoms with Crippen LogP contribution in [-0.4, -0.2) is 50.2 Å². The summed E-state index contributed by atoms with van der Waals surface area (Å²) in [6.07, 6.45) is 0.834. The van der Waals surface area contributed by atoms with E-state index in [9.17, 15) is 18.0 Å². The summed E-state index contributed by atoms with van der Waals surface area (Å²) in [5, 5.41) is 15.4. The van der Waals surface area contributed by atoms with Gasteiger partial charge in [0.15, 0.2) is 5.11 Å². The van der Waals surface area contributed by atoms with Crippen LogP contribution in [0.25, 0.3) is 0 Å². The first-order valence-electron chi connectivity index (χ1n) is 14.9. The van der Waals surface area contributed by atoms with Gasteiger partial charge in [-0.2, -0.15) is 18.4 Å². The number of nitrogens with zero attached hydrogens (tertiary/aromatic N) is 5. The number of ether oxygens (including phenoxy) is 1. The highest BCUT2D eigenvalue weighted by Crippen LogP contribution is 2.32. The number of carbonyl (C=O) groups excluding carboxylic acids is 1. The van der Waals surface area contributed by atoms with Crippen LogP contribution in [0.5, 0.6) is 5.88 Å². The molecule has 2 heterocycles. The lowest BCUT2D eigenvalue weighted by molar-refractivity contribution is -0.138. The Morgan fingerprint density at radius 1 is 1.11 bits per heavy atom. The molecule has 1 atom stereocenters. The van der Waals surface area contributed by atoms with Gasteiger partial charge in [0.05, 0.1) is 48.9 Å². The summed E-state index contributed by atoms with van der Waals surface area (Å²) in [5.74, 6) is 0.306. The summed E-state index contributed by atoms with van der Waals surface area (Å²) < 4.78 is 48.8. The number of halogens is 3. The monoisotopic (exact) mass is 663 g/mol. The average molecular weight is 664 g/mol. The van der Waals surface area contributed by atoms with E-state index < -0.39 is 17.8 Å². The molecule has 4 aromatic rings. The molecule has 0 spiro atoms. The predicted octanol–water partition coefficient (Wildman–Crippen LogP) is 6.20. The van der Waals surface area contributed by atoms with E-state index in [0.717, 1.165) is 11.6 Å². The zero-order valence-corrected chi connectivity index (χ0v) is 27.1. The summed E-state index contributed by atoms with van der Waals surface area (Å²) in [6.45, 7) is 4.49. The Bertz CT molecular complexity index is 1680. The van der Waals surface area contributed by atoms with Crippen molar-refractivity contribution >= 4 is 28.9 Å². The van der Waals surface area contributed by atoms with Gasteiger partial charge >= 0.3 is 6.18 Å². The highest BCUT2D eigenvalue weighted by atomic mass is 32.1. The number of thiocarbonyl (C=S) groups is 1. The van der Waals surface area contributed by atoms with Crippen LogP contribution >= 0.6 is 12.2 Å². The topological polar surface area (TPSA) is 108 Å². The lowest BCUT2D eigenvalue weighted by Crippen LogP contribution is -2.47. The number of carbonyl (C=O) groups is 1. The maximum atomic E-state index is 13.9. The minimum atomic E-state index is -4.55. The second kappa shape index (κ2) is 16.0. The van der Waals surface area contributed by atoms with Gasteiger partial charge in [-0.25, -0.2) is 9.97 Å². The second-order valence-electron chi connectivity index (χ2n) is 11.4. The van der Waals surface area contributed by atoms with Crippen molar-refractivity contribution in [2.24, 2.45) is 5.92 Å². The standard InChI is InChI=1S/C34H36F3N7O2S/c1-23(2)14-28(41-31(45)15-29-18-39-22-44(29)19-25-10-8-24(16-38)9-11-25)21-43(20-26-6-4-5-7-30(26)34(35,36)37)33(47)42-27-12-13-32(46-3)40-17-27/h4-13,17-18,22-23,28H,14-15,19-21H2,1-3H3,(H,41,45)(H,42,47). The highest BCUT2D eigenvalue weighted by Gasteiger charge is 2.34. The molecule has 1 amide bonds. The van der Waals surface area contributed by atoms with Gasteiger partial charge < -0.3 is 24.8 Å². The molecule has 0 saturated heterocycles. The smallest absolute Gasteiger partial charge is 0.416 e. The molecule has 2 aromatic carbocycles. The molecule has 0 fully saturated rings. The Balaban J connectivity index is 1.53. The molecular formula is C34H36F3N7O2S. The van der Waals surface area contributed by atoms with Crippen LogP contribution in [0.3, 0.4) is 0 Å². The number of hydrogen-bond donors (Lipinski definition) is 2. The first-order chi connectivity index (χ1) is 22.4. The fourth-order valence-corrected chi connectivity index (χ4v) is 5.37. The van der Waals surface area contributed by atoms with Crippen molar-refractivity contribution in [3.8, 4) is 11.9 Å². The van der Waals surface area contributed by atoms with Gasteiger partial charge in [-0.3, -0.25) is 4.79 Å². The van der Waals surface area contributed by atoms with E-state index in [1.807, 2.05) is 30.5 Å². The van der Waals surface area contributed by atoms with E-state index in [-0.39, 0.29) is 42.0 Å². The number of amides is 1. The third-order valence-electron chi connectivity index (χ3n) is 7.31. The number of pyridine rings is 1. The molecule has 9 nitrogen and oxygen atoms in total. The predicted molar refractivity (Wildman–Crippen MR) is 176 cm³/mol. The van der Waals surface area contributed by atoms with Gasteiger partial charge in [-0.1, -0.05) is 44.2 Å². The number of rotatable bonds is 13. The molecule has 0 aliphatic carbocycles. The lowest BCUT2D eigenvalue weighted by atomic mass is 10.0. The van der Waals surface area contributed by atoms with Crippen LogP contribution in [0.4, 0.5) is 18.9 Å². The van der Waals surface area contributed by atoms with Crippen molar-refractivity contribution < 1.29 is 22.7 Å². The molecule has 2 N–H and O–H groups in total. The summed E-state index contributed by atoms with van der Waals surface area (Å²) in [4.78, 5) is 23.4. The molecule has 0 aliphatic rings. The third kappa shape index (κ3) is 10.3. The van der Waals surface area contributed by atoms with E-state index >= 15 is 0 Å². The molecule has 0 saturated carbocycles. The number of methoxy groups -OCH3 is 1. The Labute approximate surface area is 277 Å². The molecule has 13 heteroatoms. The largest absolute Gasteiger partial charge is 0.481 e. The number of benzene rings is 2. The number of anilines is 1. The van der Waals surface area contributed by atoms with Crippen molar-refractivity contribution in [2.75, 3.05) is 19.0 Å². The van der Waals surface area contributed by atoms with Crippen molar-refractivity contribution in [2.45, 2.75) is 52.0 Å². The van der Waals surface area contributed by atoms with Crippen LogP contribution in [0, 0.1) is 17.2 Å².